The van der Waals surface area contributed by atoms with E-state index in [1.165, 1.54) is 0 Å². The summed E-state index contributed by atoms with van der Waals surface area (Å²) in [7, 11) is 1.14. The molecule has 40 heavy (non-hydrogen) atoms. The Morgan fingerprint density at radius 2 is 1.25 bits per heavy atom. The number of phosphoric ester groups is 1. The Labute approximate surface area is 237 Å². The standard InChI is InChI=1S/C31H40NO7P/c1-25(2)30(33)39-29(24-38-40(34,35)37-22-21-32(3,4)5)23-36-31(26-15-9-6-10-16-26,27-17-11-7-12-18-27)28-19-13-8-14-20-28/h6-20,25,29H,21-24H2,1-5H3/t29-/m1/s1. The average molecular weight is 570 g/mol. The van der Waals surface area contributed by atoms with Crippen molar-refractivity contribution < 1.29 is 37.3 Å². The lowest BCUT2D eigenvalue weighted by Gasteiger charge is -2.37. The van der Waals surface area contributed by atoms with Gasteiger partial charge in [-0.3, -0.25) is 9.36 Å². The molecule has 0 radical (unpaired) electrons. The van der Waals surface area contributed by atoms with E-state index in [0.717, 1.165) is 16.7 Å². The van der Waals surface area contributed by atoms with Crippen molar-refractivity contribution in [3.05, 3.63) is 108 Å². The van der Waals surface area contributed by atoms with Gasteiger partial charge in [-0.1, -0.05) is 105 Å². The van der Waals surface area contributed by atoms with Crippen LogP contribution in [0.2, 0.25) is 0 Å². The molecule has 0 aliphatic carbocycles. The van der Waals surface area contributed by atoms with Crippen LogP contribution in [0.15, 0.2) is 91.0 Å². The number of hydrogen-bond acceptors (Lipinski definition) is 7. The Balaban J connectivity index is 1.92. The number of ether oxygens (including phenoxy) is 2. The van der Waals surface area contributed by atoms with Gasteiger partial charge in [0.15, 0.2) is 0 Å². The summed E-state index contributed by atoms with van der Waals surface area (Å²) < 4.78 is 35.6. The number of hydrogen-bond donors (Lipinski definition) is 0. The highest BCUT2D eigenvalue weighted by Crippen LogP contribution is 2.41. The molecule has 0 aliphatic rings. The lowest BCUT2D eigenvalue weighted by molar-refractivity contribution is -0.870. The number of rotatable bonds is 15. The van der Waals surface area contributed by atoms with Gasteiger partial charge in [0.2, 0.25) is 0 Å². The number of phosphoric acid groups is 1. The van der Waals surface area contributed by atoms with E-state index in [1.54, 1.807) is 13.8 Å². The molecule has 2 atom stereocenters. The summed E-state index contributed by atoms with van der Waals surface area (Å²) in [6, 6.07) is 29.2. The monoisotopic (exact) mass is 569 g/mol. The first-order chi connectivity index (χ1) is 18.9. The van der Waals surface area contributed by atoms with Gasteiger partial charge in [0.1, 0.15) is 24.9 Å². The quantitative estimate of drug-likeness (QED) is 0.113. The first-order valence-electron chi connectivity index (χ1n) is 13.3. The largest absolute Gasteiger partial charge is 0.756 e. The highest BCUT2D eigenvalue weighted by atomic mass is 31.2. The Kier molecular flexibility index (Phi) is 11.2. The average Bonchev–Trinajstić information content (AvgIpc) is 2.92. The van der Waals surface area contributed by atoms with Gasteiger partial charge in [-0.25, -0.2) is 0 Å². The molecule has 0 amide bonds. The van der Waals surface area contributed by atoms with Crippen molar-refractivity contribution in [1.29, 1.82) is 0 Å². The Hall–Kier alpha value is -2.84. The number of benzene rings is 3. The molecule has 8 nitrogen and oxygen atoms in total. The first-order valence-corrected chi connectivity index (χ1v) is 14.8. The summed E-state index contributed by atoms with van der Waals surface area (Å²) in [6.45, 7) is 3.26. The lowest BCUT2D eigenvalue weighted by atomic mass is 9.80. The molecule has 0 saturated heterocycles. The second-order valence-electron chi connectivity index (χ2n) is 10.9. The minimum Gasteiger partial charge on any atom is -0.756 e. The van der Waals surface area contributed by atoms with Crippen molar-refractivity contribution in [2.75, 3.05) is 47.5 Å². The van der Waals surface area contributed by atoms with Crippen LogP contribution < -0.4 is 4.89 Å². The summed E-state index contributed by atoms with van der Waals surface area (Å²) in [4.78, 5) is 25.1. The predicted molar refractivity (Wildman–Crippen MR) is 152 cm³/mol. The van der Waals surface area contributed by atoms with Crippen LogP contribution in [0.5, 0.6) is 0 Å². The molecule has 0 aliphatic heterocycles. The van der Waals surface area contributed by atoms with Crippen molar-refractivity contribution in [3.63, 3.8) is 0 Å². The molecule has 216 valence electrons. The van der Waals surface area contributed by atoms with Crippen LogP contribution in [-0.4, -0.2) is 64.1 Å². The number of carbonyl (C=O) groups is 1. The topological polar surface area (TPSA) is 94.1 Å². The van der Waals surface area contributed by atoms with Gasteiger partial charge >= 0.3 is 5.97 Å². The van der Waals surface area contributed by atoms with Gasteiger partial charge in [-0.2, -0.15) is 0 Å². The third kappa shape index (κ3) is 9.10. The maximum Gasteiger partial charge on any atom is 0.308 e. The molecule has 3 aromatic rings. The number of likely N-dealkylation sites (N-methyl/N-ethyl adjacent to an activating group) is 1. The zero-order valence-electron chi connectivity index (χ0n) is 23.9. The van der Waals surface area contributed by atoms with Crippen LogP contribution in [0.3, 0.4) is 0 Å². The second kappa shape index (κ2) is 14.2. The van der Waals surface area contributed by atoms with Crippen molar-refractivity contribution >= 4 is 13.8 Å². The summed E-state index contributed by atoms with van der Waals surface area (Å²) in [5.41, 5.74) is 1.51. The van der Waals surface area contributed by atoms with Crippen molar-refractivity contribution in [1.82, 2.24) is 0 Å². The van der Waals surface area contributed by atoms with Gasteiger partial charge < -0.3 is 27.9 Å². The molecule has 0 spiro atoms. The number of nitrogens with zero attached hydrogens (tertiary/aromatic N) is 1. The molecule has 0 heterocycles. The third-order valence-corrected chi connectivity index (χ3v) is 7.18. The van der Waals surface area contributed by atoms with E-state index in [2.05, 4.69) is 0 Å². The number of quaternary nitrogens is 1. The van der Waals surface area contributed by atoms with E-state index in [9.17, 15) is 14.3 Å². The molecule has 3 rings (SSSR count). The highest BCUT2D eigenvalue weighted by molar-refractivity contribution is 7.45. The Bertz CT molecular complexity index is 1130. The summed E-state index contributed by atoms with van der Waals surface area (Å²) in [5.74, 6) is -0.918. The van der Waals surface area contributed by atoms with Gasteiger partial charge in [0, 0.05) is 0 Å². The smallest absolute Gasteiger partial charge is 0.308 e. The summed E-state index contributed by atoms with van der Waals surface area (Å²) in [5, 5.41) is 0. The van der Waals surface area contributed by atoms with Crippen LogP contribution >= 0.6 is 7.82 Å². The van der Waals surface area contributed by atoms with E-state index in [-0.39, 0.29) is 13.2 Å². The zero-order chi connectivity index (χ0) is 29.2. The highest BCUT2D eigenvalue weighted by Gasteiger charge is 2.38. The van der Waals surface area contributed by atoms with Gasteiger partial charge in [0.05, 0.1) is 40.3 Å². The van der Waals surface area contributed by atoms with Gasteiger partial charge in [0.25, 0.3) is 7.82 Å². The van der Waals surface area contributed by atoms with Crippen molar-refractivity contribution in [2.45, 2.75) is 25.6 Å². The minimum absolute atomic E-state index is 0.0314. The van der Waals surface area contributed by atoms with Crippen LogP contribution in [0.25, 0.3) is 0 Å². The van der Waals surface area contributed by atoms with Crippen LogP contribution in [0, 0.1) is 5.92 Å². The van der Waals surface area contributed by atoms with E-state index in [4.69, 9.17) is 18.5 Å². The van der Waals surface area contributed by atoms with E-state index in [0.29, 0.717) is 11.0 Å². The maximum absolute atomic E-state index is 12.6. The van der Waals surface area contributed by atoms with Gasteiger partial charge in [-0.05, 0) is 16.7 Å². The number of esters is 1. The second-order valence-corrected chi connectivity index (χ2v) is 12.3. The normalized spacial score (nSPS) is 14.5. The van der Waals surface area contributed by atoms with Gasteiger partial charge in [-0.15, -0.1) is 0 Å². The molecule has 0 saturated carbocycles. The van der Waals surface area contributed by atoms with Crippen LogP contribution in [-0.2, 0) is 33.5 Å². The summed E-state index contributed by atoms with van der Waals surface area (Å²) >= 11 is 0. The fourth-order valence-corrected chi connectivity index (χ4v) is 4.77. The third-order valence-electron chi connectivity index (χ3n) is 6.21. The maximum atomic E-state index is 12.6. The summed E-state index contributed by atoms with van der Waals surface area (Å²) in [6.07, 6.45) is -1.02. The van der Waals surface area contributed by atoms with Crippen LogP contribution in [0.1, 0.15) is 30.5 Å². The van der Waals surface area contributed by atoms with Crippen LogP contribution in [0.4, 0.5) is 0 Å². The SMILES string of the molecule is CC(C)C(=O)O[C@H](COC(c1ccccc1)(c1ccccc1)c1ccccc1)COP(=O)([O-])OCC[N+](C)(C)C. The van der Waals surface area contributed by atoms with Crippen molar-refractivity contribution in [2.24, 2.45) is 5.92 Å². The van der Waals surface area contributed by atoms with E-state index in [1.807, 2.05) is 112 Å². The first kappa shape index (κ1) is 31.7. The van der Waals surface area contributed by atoms with E-state index < -0.39 is 38.0 Å². The minimum atomic E-state index is -4.64. The molecule has 0 N–H and O–H groups in total. The van der Waals surface area contributed by atoms with E-state index >= 15 is 0 Å². The molecule has 3 aromatic carbocycles. The lowest BCUT2D eigenvalue weighted by Crippen LogP contribution is -2.39. The molecular formula is C31H40NO7P. The predicted octanol–water partition coefficient (Wildman–Crippen LogP) is 4.77. The number of carbonyl (C=O) groups excluding carboxylic acids is 1. The zero-order valence-corrected chi connectivity index (χ0v) is 24.8. The molecular weight excluding hydrogens is 529 g/mol. The molecule has 0 fully saturated rings. The molecule has 0 bridgehead atoms. The molecule has 9 heteroatoms. The fourth-order valence-electron chi connectivity index (χ4n) is 4.04. The Morgan fingerprint density at radius 1 is 0.800 bits per heavy atom. The molecule has 0 aromatic heterocycles. The Morgan fingerprint density at radius 3 is 1.65 bits per heavy atom. The fraction of sp³-hybridized carbons (Fsp3) is 0.387. The molecule has 1 unspecified atom stereocenters. The van der Waals surface area contributed by atoms with Crippen molar-refractivity contribution in [3.8, 4) is 0 Å².